The van der Waals surface area contributed by atoms with E-state index >= 15 is 0 Å². The van der Waals surface area contributed by atoms with Crippen LogP contribution in [-0.4, -0.2) is 9.59 Å². The Bertz CT molecular complexity index is 418. The first kappa shape index (κ1) is 10.0. The summed E-state index contributed by atoms with van der Waals surface area (Å²) < 4.78 is 4.05. The van der Waals surface area contributed by atoms with E-state index in [0.717, 1.165) is 5.22 Å². The molecule has 0 unspecified atom stereocenters. The zero-order valence-corrected chi connectivity index (χ0v) is 8.44. The fraction of sp³-hybridized carbons (Fsp3) is 0. The van der Waals surface area contributed by atoms with E-state index < -0.39 is 0 Å². The molecule has 2 nitrogen and oxygen atoms in total. The Morgan fingerprint density at radius 2 is 1.85 bits per heavy atom. The minimum atomic E-state index is 0. The molecule has 1 aliphatic carbocycles. The second-order valence-electron chi connectivity index (χ2n) is 2.37. The van der Waals surface area contributed by atoms with E-state index in [1.807, 2.05) is 36.5 Å². The molecule has 68 valence electrons. The van der Waals surface area contributed by atoms with Crippen LogP contribution in [0.5, 0.6) is 0 Å². The van der Waals surface area contributed by atoms with Crippen molar-refractivity contribution in [3.63, 3.8) is 0 Å². The van der Waals surface area contributed by atoms with Crippen LogP contribution >= 0.6 is 23.9 Å². The van der Waals surface area contributed by atoms with Crippen molar-refractivity contribution < 1.29 is 0 Å². The summed E-state index contributed by atoms with van der Waals surface area (Å²) in [6.45, 7) is 0. The second-order valence-corrected chi connectivity index (χ2v) is 3.20. The van der Waals surface area contributed by atoms with Crippen molar-refractivity contribution in [3.8, 4) is 0 Å². The molecule has 2 aliphatic rings. The van der Waals surface area contributed by atoms with Gasteiger partial charge in [0.25, 0.3) is 0 Å². The lowest BCUT2D eigenvalue weighted by Gasteiger charge is -1.85. The molecule has 2 rings (SSSR count). The third kappa shape index (κ3) is 2.44. The Hall–Kier alpha value is -1.06. The lowest BCUT2D eigenvalue weighted by molar-refractivity contribution is 1.11. The Morgan fingerprint density at radius 3 is 2.69 bits per heavy atom. The predicted molar refractivity (Wildman–Crippen MR) is 56.6 cm³/mol. The maximum Gasteiger partial charge on any atom is 0.0568 e. The van der Waals surface area contributed by atoms with Gasteiger partial charge in [0.15, 0.2) is 0 Å². The summed E-state index contributed by atoms with van der Waals surface area (Å²) in [6, 6.07) is 12.2. The van der Waals surface area contributed by atoms with Crippen molar-refractivity contribution in [1.82, 2.24) is 9.59 Å². The van der Waals surface area contributed by atoms with Gasteiger partial charge in [0.2, 0.25) is 0 Å². The molecule has 4 heteroatoms. The molecule has 0 spiro atoms. The van der Waals surface area contributed by atoms with Gasteiger partial charge in [0, 0.05) is 5.22 Å². The van der Waals surface area contributed by atoms with Gasteiger partial charge in [-0.25, -0.2) is 4.49 Å². The molecule has 0 bridgehead atoms. The van der Waals surface area contributed by atoms with Crippen LogP contribution in [0.15, 0.2) is 42.6 Å². The lowest BCUT2D eigenvalue weighted by Crippen LogP contribution is -1.75. The van der Waals surface area contributed by atoms with Crippen LogP contribution in [0.4, 0.5) is 0 Å². The Kier molecular flexibility index (Phi) is 3.73. The number of hydrogen-bond donors (Lipinski definition) is 1. The summed E-state index contributed by atoms with van der Waals surface area (Å²) in [5.74, 6) is 0. The SMILES string of the molecule is Cl.c1cccc2s[nH]ncc=2cc1. The number of halogens is 1. The fourth-order valence-corrected chi connectivity index (χ4v) is 1.57. The van der Waals surface area contributed by atoms with Crippen LogP contribution in [0.2, 0.25) is 0 Å². The van der Waals surface area contributed by atoms with Crippen molar-refractivity contribution >= 4 is 23.9 Å². The number of nitrogens with zero attached hydrogens (tertiary/aromatic N) is 1. The Balaban J connectivity index is 0.000000845. The van der Waals surface area contributed by atoms with Gasteiger partial charge in [0.05, 0.1) is 10.7 Å². The van der Waals surface area contributed by atoms with Gasteiger partial charge < -0.3 is 0 Å². The van der Waals surface area contributed by atoms with Gasteiger partial charge in [-0.1, -0.05) is 30.3 Å². The molecular weight excluding hydrogens is 204 g/mol. The average Bonchev–Trinajstić information content (AvgIpc) is 2.06. The van der Waals surface area contributed by atoms with Crippen molar-refractivity contribution in [2.45, 2.75) is 0 Å². The van der Waals surface area contributed by atoms with Gasteiger partial charge in [-0.05, 0) is 17.6 Å². The molecule has 0 radical (unpaired) electrons. The van der Waals surface area contributed by atoms with Crippen molar-refractivity contribution in [2.24, 2.45) is 0 Å². The molecule has 0 saturated heterocycles. The van der Waals surface area contributed by atoms with Crippen LogP contribution < -0.4 is 0 Å². The maximum atomic E-state index is 3.95. The summed E-state index contributed by atoms with van der Waals surface area (Å²) in [5.41, 5.74) is 0. The topological polar surface area (TPSA) is 28.7 Å². The molecule has 0 atom stereocenters. The van der Waals surface area contributed by atoms with E-state index in [4.69, 9.17) is 0 Å². The third-order valence-electron chi connectivity index (χ3n) is 1.55. The van der Waals surface area contributed by atoms with Crippen molar-refractivity contribution in [3.05, 3.63) is 52.3 Å². The van der Waals surface area contributed by atoms with Crippen LogP contribution in [-0.2, 0) is 0 Å². The van der Waals surface area contributed by atoms with E-state index in [1.165, 1.54) is 16.1 Å². The van der Waals surface area contributed by atoms with Crippen molar-refractivity contribution in [2.75, 3.05) is 0 Å². The highest BCUT2D eigenvalue weighted by Crippen LogP contribution is 1.97. The van der Waals surface area contributed by atoms with Crippen LogP contribution in [0, 0.1) is 9.75 Å². The third-order valence-corrected chi connectivity index (χ3v) is 2.34. The van der Waals surface area contributed by atoms with E-state index in [2.05, 4.69) is 15.7 Å². The summed E-state index contributed by atoms with van der Waals surface area (Å²) in [5, 5.41) is 5.11. The van der Waals surface area contributed by atoms with E-state index in [0.29, 0.717) is 0 Å². The van der Waals surface area contributed by atoms with Gasteiger partial charge in [-0.3, -0.25) is 0 Å². The molecule has 1 N–H and O–H groups in total. The first-order valence-electron chi connectivity index (χ1n) is 3.67. The molecule has 0 amide bonds. The van der Waals surface area contributed by atoms with Gasteiger partial charge in [-0.15, -0.1) is 12.4 Å². The Morgan fingerprint density at radius 1 is 1.08 bits per heavy atom. The minimum Gasteiger partial charge on any atom is -0.232 e. The summed E-state index contributed by atoms with van der Waals surface area (Å²) in [4.78, 5) is 0. The van der Waals surface area contributed by atoms with E-state index in [9.17, 15) is 0 Å². The molecule has 0 aromatic rings. The summed E-state index contributed by atoms with van der Waals surface area (Å²) in [7, 11) is 0. The molecule has 1 heterocycles. The second kappa shape index (κ2) is 4.84. The zero-order chi connectivity index (χ0) is 8.23. The highest BCUT2D eigenvalue weighted by molar-refractivity contribution is 7.03. The van der Waals surface area contributed by atoms with Gasteiger partial charge >= 0.3 is 0 Å². The standard InChI is InChI=1S/C9H8N2S.ClH/c1-2-4-6-9-8(5-3-1)7-10-11-12-9;/h1-7,11H;1H. The number of hydrogen-bond acceptors (Lipinski definition) is 2. The van der Waals surface area contributed by atoms with Crippen molar-refractivity contribution in [1.29, 1.82) is 0 Å². The first-order valence-corrected chi connectivity index (χ1v) is 4.49. The zero-order valence-electron chi connectivity index (χ0n) is 6.81. The average molecular weight is 213 g/mol. The Labute approximate surface area is 86.2 Å². The summed E-state index contributed by atoms with van der Waals surface area (Å²) in [6.07, 6.45) is 1.83. The fourth-order valence-electron chi connectivity index (χ4n) is 0.980. The normalized spacial score (nSPS) is 8.92. The molecule has 0 aromatic heterocycles. The van der Waals surface area contributed by atoms with Crippen LogP contribution in [0.1, 0.15) is 0 Å². The maximum absolute atomic E-state index is 3.95. The molecule has 1 aliphatic heterocycles. The first-order chi connectivity index (χ1) is 5.97. The van der Waals surface area contributed by atoms with Crippen LogP contribution in [0.25, 0.3) is 0 Å². The molecule has 0 saturated carbocycles. The molecule has 0 fully saturated rings. The van der Waals surface area contributed by atoms with Crippen LogP contribution in [0.3, 0.4) is 0 Å². The molecule has 0 aromatic carbocycles. The number of rotatable bonds is 0. The van der Waals surface area contributed by atoms with Gasteiger partial charge in [0.1, 0.15) is 0 Å². The largest absolute Gasteiger partial charge is 0.232 e. The molecular formula is C9H9ClN2S. The minimum absolute atomic E-state index is 0. The predicted octanol–water partition coefficient (Wildman–Crippen LogP) is 2.74. The monoisotopic (exact) mass is 212 g/mol. The van der Waals surface area contributed by atoms with E-state index in [-0.39, 0.29) is 12.4 Å². The number of aromatic nitrogens is 2. The summed E-state index contributed by atoms with van der Waals surface area (Å²) >= 11 is 1.53. The van der Waals surface area contributed by atoms with Gasteiger partial charge in [-0.2, -0.15) is 5.10 Å². The molecule has 13 heavy (non-hydrogen) atoms. The van der Waals surface area contributed by atoms with E-state index in [1.54, 1.807) is 0 Å². The highest BCUT2D eigenvalue weighted by Gasteiger charge is 1.81. The quantitative estimate of drug-likeness (QED) is 0.715. The number of H-pyrrole nitrogens is 1. The number of nitrogens with one attached hydrogen (secondary N) is 1. The number of aromatic amines is 1. The lowest BCUT2D eigenvalue weighted by atomic mass is 10.3. The smallest absolute Gasteiger partial charge is 0.0568 e. The highest BCUT2D eigenvalue weighted by atomic mass is 35.5.